The van der Waals surface area contributed by atoms with E-state index in [1.54, 1.807) is 25.0 Å². The molecule has 0 saturated heterocycles. The van der Waals surface area contributed by atoms with E-state index in [2.05, 4.69) is 418 Å². The lowest BCUT2D eigenvalue weighted by atomic mass is 9.98. The van der Waals surface area contributed by atoms with Gasteiger partial charge < -0.3 is 0 Å². The average molecular weight is 1760 g/mol. The SMILES string of the molecule is c1ccc2cc3cc(-c4cc(-c5ccc6cc7ccccc7cc6c5)nc(-c5ccc(-c6ccc7nccnc7c6)cc5)n4)ccc3cc2c1.c1ccc2cc3cc(-c4cc(-c5ccc6cc7ccccc7cc6c5)nc(-c5ccc6cncnc6c5)n4)ccc3cc2c1.c1ccc2cc3cc(-c4cc(-c5ccc6cc7ccccc7cc6c5)nc(-c5ccc6ncncc6c5)n4)ccc3cc2c1. The zero-order valence-corrected chi connectivity index (χ0v) is 74.2. The summed E-state index contributed by atoms with van der Waals surface area (Å²) in [4.78, 5) is 57.1. The van der Waals surface area contributed by atoms with Gasteiger partial charge in [-0.05, 0) is 304 Å². The second kappa shape index (κ2) is 33.8. The molecule has 0 unspecified atom stereocenters. The first-order valence-electron chi connectivity index (χ1n) is 46.1. The molecule has 6 aromatic heterocycles. The van der Waals surface area contributed by atoms with Crippen LogP contribution in [0.15, 0.2) is 462 Å². The quantitative estimate of drug-likeness (QED) is 0.120. The molecule has 0 radical (unpaired) electrons. The van der Waals surface area contributed by atoms with Gasteiger partial charge in [0.1, 0.15) is 12.7 Å². The Kier molecular flexibility index (Phi) is 19.6. The van der Waals surface area contributed by atoms with Gasteiger partial charge in [-0.25, -0.2) is 49.8 Å². The molecule has 0 aliphatic rings. The minimum Gasteiger partial charge on any atom is -0.253 e. The van der Waals surface area contributed by atoms with Crippen molar-refractivity contribution >= 4 is 162 Å². The number of hydrogen-bond acceptors (Lipinski definition) is 12. The van der Waals surface area contributed by atoms with Gasteiger partial charge in [-0.3, -0.25) is 9.97 Å². The highest BCUT2D eigenvalue weighted by Gasteiger charge is 2.20. The van der Waals surface area contributed by atoms with Crippen molar-refractivity contribution in [3.63, 3.8) is 0 Å². The van der Waals surface area contributed by atoms with E-state index in [4.69, 9.17) is 29.9 Å². The summed E-state index contributed by atoms with van der Waals surface area (Å²) in [5.74, 6) is 2.02. The number of nitrogens with zero attached hydrogens (tertiary/aromatic N) is 12. The topological polar surface area (TPSA) is 155 Å². The van der Waals surface area contributed by atoms with Crippen LogP contribution in [0.1, 0.15) is 0 Å². The summed E-state index contributed by atoms with van der Waals surface area (Å²) in [5.41, 5.74) is 20.1. The van der Waals surface area contributed by atoms with Crippen LogP contribution in [-0.4, -0.2) is 59.8 Å². The van der Waals surface area contributed by atoms with Gasteiger partial charge in [-0.15, -0.1) is 0 Å². The number of aromatic nitrogens is 12. The molecule has 28 aromatic rings. The van der Waals surface area contributed by atoms with E-state index >= 15 is 0 Å². The van der Waals surface area contributed by atoms with Crippen molar-refractivity contribution < 1.29 is 0 Å². The van der Waals surface area contributed by atoms with Crippen LogP contribution in [0, 0.1) is 0 Å². The van der Waals surface area contributed by atoms with Crippen LogP contribution in [-0.2, 0) is 0 Å². The lowest BCUT2D eigenvalue weighted by molar-refractivity contribution is 1.18. The Morgan fingerprint density at radius 2 is 0.348 bits per heavy atom. The van der Waals surface area contributed by atoms with Crippen LogP contribution in [0.5, 0.6) is 0 Å². The summed E-state index contributed by atoms with van der Waals surface area (Å²) in [6.45, 7) is 0. The molecule has 6 heterocycles. The monoisotopic (exact) mass is 1760 g/mol. The first-order chi connectivity index (χ1) is 68.2. The maximum atomic E-state index is 5.19. The molecule has 0 N–H and O–H groups in total. The van der Waals surface area contributed by atoms with Crippen molar-refractivity contribution in [1.82, 2.24) is 59.8 Å². The molecule has 0 bridgehead atoms. The van der Waals surface area contributed by atoms with Gasteiger partial charge in [0, 0.05) is 85.6 Å². The maximum Gasteiger partial charge on any atom is 0.160 e. The second-order valence-corrected chi connectivity index (χ2v) is 35.4. The van der Waals surface area contributed by atoms with Gasteiger partial charge in [0.15, 0.2) is 17.5 Å². The third kappa shape index (κ3) is 15.5. The Bertz CT molecular complexity index is 9080. The van der Waals surface area contributed by atoms with E-state index in [1.807, 2.05) is 48.8 Å². The molecule has 640 valence electrons. The summed E-state index contributed by atoms with van der Waals surface area (Å²) in [6.07, 6.45) is 10.3. The molecule has 28 rings (SSSR count). The van der Waals surface area contributed by atoms with Crippen molar-refractivity contribution in [3.8, 4) is 113 Å². The van der Waals surface area contributed by atoms with Crippen LogP contribution >= 0.6 is 0 Å². The minimum absolute atomic E-state index is 0.662. The van der Waals surface area contributed by atoms with E-state index in [9.17, 15) is 0 Å². The Hall–Kier alpha value is -18.8. The van der Waals surface area contributed by atoms with Crippen LogP contribution in [0.3, 0.4) is 0 Å². The van der Waals surface area contributed by atoms with Crippen molar-refractivity contribution in [3.05, 3.63) is 462 Å². The number of hydrogen-bond donors (Lipinski definition) is 0. The zero-order chi connectivity index (χ0) is 91.1. The fourth-order valence-corrected chi connectivity index (χ4v) is 19.4. The summed E-state index contributed by atoms with van der Waals surface area (Å²) in [6, 6.07) is 151. The zero-order valence-electron chi connectivity index (χ0n) is 74.2. The highest BCUT2D eigenvalue weighted by molar-refractivity contribution is 6.07. The van der Waals surface area contributed by atoms with Gasteiger partial charge in [0.25, 0.3) is 0 Å². The van der Waals surface area contributed by atoms with E-state index < -0.39 is 0 Å². The molecule has 0 aliphatic carbocycles. The van der Waals surface area contributed by atoms with E-state index in [0.717, 1.165) is 128 Å². The normalized spacial score (nSPS) is 11.6. The average Bonchev–Trinajstić information content (AvgIpc) is 0.795. The lowest BCUT2D eigenvalue weighted by Gasteiger charge is -2.12. The van der Waals surface area contributed by atoms with E-state index in [1.165, 1.54) is 129 Å². The Balaban J connectivity index is 0.000000107. The summed E-state index contributed by atoms with van der Waals surface area (Å²) in [7, 11) is 0. The molecule has 12 nitrogen and oxygen atoms in total. The first kappa shape index (κ1) is 80.1. The minimum atomic E-state index is 0.662. The van der Waals surface area contributed by atoms with Crippen molar-refractivity contribution in [2.75, 3.05) is 0 Å². The molecule has 22 aromatic carbocycles. The first-order valence-corrected chi connectivity index (χ1v) is 46.1. The molecule has 0 atom stereocenters. The molecule has 0 fully saturated rings. The van der Waals surface area contributed by atoms with Crippen LogP contribution in [0.25, 0.3) is 275 Å². The molecule has 0 saturated carbocycles. The number of benzene rings is 22. The predicted molar refractivity (Wildman–Crippen MR) is 570 cm³/mol. The fourth-order valence-electron chi connectivity index (χ4n) is 19.4. The van der Waals surface area contributed by atoms with Gasteiger partial charge in [0.05, 0.1) is 56.2 Å². The van der Waals surface area contributed by atoms with Crippen LogP contribution in [0.2, 0.25) is 0 Å². The predicted octanol–water partition coefficient (Wildman–Crippen LogP) is 31.8. The van der Waals surface area contributed by atoms with Gasteiger partial charge >= 0.3 is 0 Å². The van der Waals surface area contributed by atoms with Gasteiger partial charge in [-0.2, -0.15) is 0 Å². The van der Waals surface area contributed by atoms with E-state index in [0.29, 0.717) is 17.5 Å². The summed E-state index contributed by atoms with van der Waals surface area (Å²) >= 11 is 0. The largest absolute Gasteiger partial charge is 0.253 e. The standard InChI is InChI=1S/C46H28N4.2C40H24N4/c1-3-7-33-23-40-25-38(15-13-35(40)21-31(33)5-1)43-28-44(39-16-14-36-22-32-6-2-4-8-34(32)24-41(36)26-39)50-46(49-43)30-11-9-29(10-12-30)37-17-18-42-45(27-37)48-20-19-47-42;1-3-7-27-17-34-19-31(11-9-29(34)15-25(27)5-1)38-22-39(44-40(43-38)33-13-14-37-36(21-33)23-41-24-42-37)32-12-10-30-16-26-6-2-4-8-28(26)18-35(30)20-32;1-3-7-27-17-35-19-31(11-9-29(35)15-25(27)5-1)38-22-39(44-40(43-38)33-13-14-34-23-41-24-42-37(34)21-33)32-12-10-30-16-26-6-2-4-8-28(26)18-36(30)20-32/h1-28H;2*1-24H. The molecule has 12 heteroatoms. The van der Waals surface area contributed by atoms with Gasteiger partial charge in [-0.1, -0.05) is 261 Å². The highest BCUT2D eigenvalue weighted by Crippen LogP contribution is 2.41. The Morgan fingerprint density at radius 1 is 0.123 bits per heavy atom. The highest BCUT2D eigenvalue weighted by atomic mass is 14.9. The van der Waals surface area contributed by atoms with Crippen LogP contribution < -0.4 is 0 Å². The second-order valence-electron chi connectivity index (χ2n) is 35.4. The third-order valence-electron chi connectivity index (χ3n) is 26.7. The summed E-state index contributed by atoms with van der Waals surface area (Å²) < 4.78 is 0. The molecular formula is C126H76N12. The Labute approximate surface area is 791 Å². The fraction of sp³-hybridized carbons (Fsp3) is 0. The summed E-state index contributed by atoms with van der Waals surface area (Å²) in [5, 5.41) is 31.1. The molecule has 0 spiro atoms. The van der Waals surface area contributed by atoms with Crippen molar-refractivity contribution in [1.29, 1.82) is 0 Å². The van der Waals surface area contributed by atoms with Crippen molar-refractivity contribution in [2.24, 2.45) is 0 Å². The van der Waals surface area contributed by atoms with E-state index in [-0.39, 0.29) is 0 Å². The third-order valence-corrected chi connectivity index (χ3v) is 26.7. The number of fused-ring (bicyclic) bond motifs is 15. The lowest BCUT2D eigenvalue weighted by Crippen LogP contribution is -1.96. The van der Waals surface area contributed by atoms with Gasteiger partial charge in [0.2, 0.25) is 0 Å². The molecule has 0 amide bonds. The maximum absolute atomic E-state index is 5.19. The van der Waals surface area contributed by atoms with Crippen LogP contribution in [0.4, 0.5) is 0 Å². The molecule has 0 aliphatic heterocycles. The smallest absolute Gasteiger partial charge is 0.160 e. The molecule has 138 heavy (non-hydrogen) atoms. The number of rotatable bonds is 10. The Morgan fingerprint density at radius 3 is 0.688 bits per heavy atom. The molecular weight excluding hydrogens is 1680 g/mol. The van der Waals surface area contributed by atoms with Crippen molar-refractivity contribution in [2.45, 2.75) is 0 Å².